The molecule has 10 heteroatoms. The molecule has 3 aromatic carbocycles. The molecule has 1 amide bonds. The molecule has 4 fully saturated rings. The molecule has 0 radical (unpaired) electrons. The van der Waals surface area contributed by atoms with Crippen LogP contribution in [-0.2, 0) is 16.0 Å². The van der Waals surface area contributed by atoms with Crippen LogP contribution in [0.3, 0.4) is 0 Å². The minimum Gasteiger partial charge on any atom is -0.508 e. The summed E-state index contributed by atoms with van der Waals surface area (Å²) in [5.74, 6) is 2.05. The summed E-state index contributed by atoms with van der Waals surface area (Å²) in [5, 5.41) is 38.2. The lowest BCUT2D eigenvalue weighted by molar-refractivity contribution is -0.946. The number of aromatic hydroxyl groups is 1. The van der Waals surface area contributed by atoms with Crippen molar-refractivity contribution in [1.29, 1.82) is 0 Å². The molecule has 4 aliphatic heterocycles. The van der Waals surface area contributed by atoms with E-state index in [9.17, 15) is 20.1 Å². The van der Waals surface area contributed by atoms with Gasteiger partial charge in [0.25, 0.3) is 5.91 Å². The van der Waals surface area contributed by atoms with Crippen molar-refractivity contribution in [3.05, 3.63) is 82.9 Å². The van der Waals surface area contributed by atoms with Crippen LogP contribution in [0.4, 0.5) is 5.69 Å². The number of fused-ring (bicyclic) bond motifs is 4. The fraction of sp³-hybridized carbons (Fsp3) is 0.537. The second-order valence-corrected chi connectivity index (χ2v) is 15.3. The van der Waals surface area contributed by atoms with Gasteiger partial charge < -0.3 is 44.6 Å². The predicted molar refractivity (Wildman–Crippen MR) is 195 cm³/mol. The molecule has 3 aromatic rings. The van der Waals surface area contributed by atoms with Gasteiger partial charge in [-0.1, -0.05) is 49.2 Å². The van der Waals surface area contributed by atoms with Crippen LogP contribution in [0.2, 0.25) is 0 Å². The third kappa shape index (κ3) is 8.53. The number of aliphatic hydroxyl groups excluding tert-OH is 2. The highest BCUT2D eigenvalue weighted by molar-refractivity contribution is 5.96. The second-order valence-electron chi connectivity index (χ2n) is 15.3. The summed E-state index contributed by atoms with van der Waals surface area (Å²) in [7, 11) is 0. The first-order valence-corrected chi connectivity index (χ1v) is 18.9. The van der Waals surface area contributed by atoms with Gasteiger partial charge in [-0.2, -0.15) is 0 Å². The number of benzene rings is 3. The number of nitrogens with zero attached hydrogens (tertiary/aromatic N) is 1. The molecule has 0 aromatic heterocycles. The Kier molecular flexibility index (Phi) is 11.2. The third-order valence-electron chi connectivity index (χ3n) is 11.7. The van der Waals surface area contributed by atoms with Crippen LogP contribution in [-0.4, -0.2) is 90.4 Å². The Bertz CT molecular complexity index is 1630. The molecular formula is C41H54N3O7+. The summed E-state index contributed by atoms with van der Waals surface area (Å²) in [6.45, 7) is 7.47. The van der Waals surface area contributed by atoms with Gasteiger partial charge in [-0.3, -0.25) is 4.79 Å². The zero-order valence-corrected chi connectivity index (χ0v) is 29.8. The summed E-state index contributed by atoms with van der Waals surface area (Å²) >= 11 is 0. The quantitative estimate of drug-likeness (QED) is 0.134. The third-order valence-corrected chi connectivity index (χ3v) is 11.7. The lowest BCUT2D eigenvalue weighted by Gasteiger charge is -2.52. The number of quaternary nitrogens is 1. The lowest BCUT2D eigenvalue weighted by atomic mass is 9.83. The summed E-state index contributed by atoms with van der Waals surface area (Å²) in [6, 6.07) is 19.6. The van der Waals surface area contributed by atoms with Crippen LogP contribution in [0, 0.1) is 5.92 Å². The number of amides is 1. The van der Waals surface area contributed by atoms with Gasteiger partial charge in [0.05, 0.1) is 31.5 Å². The first kappa shape index (κ1) is 35.7. The van der Waals surface area contributed by atoms with Gasteiger partial charge in [-0.05, 0) is 67.0 Å². The van der Waals surface area contributed by atoms with E-state index in [1.807, 2.05) is 18.2 Å². The van der Waals surface area contributed by atoms with Gasteiger partial charge in [-0.25, -0.2) is 0 Å². The number of hydrogen-bond acceptors (Lipinski definition) is 8. The molecule has 51 heavy (non-hydrogen) atoms. The normalized spacial score (nSPS) is 24.7. The Morgan fingerprint density at radius 3 is 2.53 bits per heavy atom. The number of nitrogens with one attached hydrogen (secondary N) is 2. The summed E-state index contributed by atoms with van der Waals surface area (Å²) in [6.07, 6.45) is 6.77. The van der Waals surface area contributed by atoms with Crippen molar-refractivity contribution in [1.82, 2.24) is 5.32 Å². The van der Waals surface area contributed by atoms with Gasteiger partial charge in [0, 0.05) is 43.0 Å². The van der Waals surface area contributed by atoms with Crippen LogP contribution in [0.5, 0.6) is 17.2 Å². The van der Waals surface area contributed by atoms with Crippen LogP contribution in [0.1, 0.15) is 85.8 Å². The van der Waals surface area contributed by atoms with E-state index in [2.05, 4.69) is 47.9 Å². The number of aliphatic hydroxyl groups is 2. The Morgan fingerprint density at radius 1 is 0.980 bits per heavy atom. The number of piperidine rings is 3. The molecular weight excluding hydrogens is 646 g/mol. The van der Waals surface area contributed by atoms with Crippen LogP contribution in [0.15, 0.2) is 60.7 Å². The topological polar surface area (TPSA) is 130 Å². The van der Waals surface area contributed by atoms with Crippen LogP contribution < -0.4 is 20.1 Å². The first-order valence-electron chi connectivity index (χ1n) is 18.9. The van der Waals surface area contributed by atoms with Crippen molar-refractivity contribution in [2.24, 2.45) is 5.92 Å². The number of rotatable bonds is 15. The van der Waals surface area contributed by atoms with Crippen LogP contribution in [0.25, 0.3) is 0 Å². The number of hydrogen-bond donors (Lipinski definition) is 5. The molecule has 0 spiro atoms. The lowest BCUT2D eigenvalue weighted by Crippen LogP contribution is -2.65. The molecule has 10 nitrogen and oxygen atoms in total. The molecule has 8 rings (SSSR count). The van der Waals surface area contributed by atoms with Crippen molar-refractivity contribution >= 4 is 11.6 Å². The van der Waals surface area contributed by atoms with E-state index in [0.29, 0.717) is 42.0 Å². The summed E-state index contributed by atoms with van der Waals surface area (Å²) < 4.78 is 19.3. The largest absolute Gasteiger partial charge is 0.508 e. The van der Waals surface area contributed by atoms with Crippen molar-refractivity contribution < 1.29 is 38.8 Å². The Labute approximate surface area is 301 Å². The summed E-state index contributed by atoms with van der Waals surface area (Å²) in [4.78, 5) is 11.7. The van der Waals surface area contributed by atoms with E-state index in [4.69, 9.17) is 14.2 Å². The molecule has 5 N–H and O–H groups in total. The molecule has 274 valence electrons. The van der Waals surface area contributed by atoms with Gasteiger partial charge in [0.15, 0.2) is 6.61 Å². The highest BCUT2D eigenvalue weighted by atomic mass is 16.5. The average Bonchev–Trinajstić information content (AvgIpc) is 3.69. The maximum absolute atomic E-state index is 11.7. The number of carbonyl (C=O) groups excluding carboxylic acids is 1. The van der Waals surface area contributed by atoms with E-state index >= 15 is 0 Å². The SMILES string of the molecule is CC(Cc1ccc(OCC[N+]23CCC(CC2)[C@@H](OC[C@H](O)c2ccccc2C2CCCC2)C3)cc1)NC[C@H](O)c1cc(O)cc2c1OCC(=O)N2. The molecule has 4 atom stereocenters. The number of phenolic OH excluding ortho intramolecular Hbond substituents is 1. The maximum atomic E-state index is 11.7. The van der Waals surface area contributed by atoms with Crippen molar-refractivity contribution in [2.75, 3.05) is 57.9 Å². The molecule has 5 aliphatic rings. The number of phenols is 1. The van der Waals surface area contributed by atoms with E-state index in [1.54, 1.807) is 0 Å². The van der Waals surface area contributed by atoms with Gasteiger partial charge in [0.2, 0.25) is 0 Å². The monoisotopic (exact) mass is 700 g/mol. The Hall–Kier alpha value is -3.67. The number of carbonyl (C=O) groups is 1. The average molecular weight is 701 g/mol. The zero-order valence-electron chi connectivity index (χ0n) is 29.8. The molecule has 1 saturated carbocycles. The number of anilines is 1. The van der Waals surface area contributed by atoms with E-state index < -0.39 is 12.2 Å². The van der Waals surface area contributed by atoms with E-state index in [0.717, 1.165) is 54.0 Å². The Balaban J connectivity index is 0.851. The smallest absolute Gasteiger partial charge is 0.262 e. The maximum Gasteiger partial charge on any atom is 0.262 e. The standard InChI is InChI=1S/C41H53N3O7/c1-27(42-23-37(46)35-21-31(45)22-36-41(35)51-26-40(48)43-36)20-28-10-12-32(13-11-28)49-19-18-44-16-14-30(15-17-44)39(24-44)50-25-38(47)34-9-5-4-8-33(34)29-6-2-3-7-29/h4-5,8-13,21-22,27,29-30,37-39,42,46-47H,2-3,6-7,14-20,23-26H2,1H3,(H-,43,45,48)/p+1/t27?,30?,37-,38-,39-,44?/m0/s1. The summed E-state index contributed by atoms with van der Waals surface area (Å²) in [5.41, 5.74) is 4.32. The highest BCUT2D eigenvalue weighted by Crippen LogP contribution is 2.40. The molecule has 1 unspecified atom stereocenters. The molecule has 1 aliphatic carbocycles. The van der Waals surface area contributed by atoms with Crippen LogP contribution >= 0.6 is 0 Å². The zero-order chi connectivity index (χ0) is 35.4. The fourth-order valence-electron chi connectivity index (χ4n) is 8.84. The molecule has 2 bridgehead atoms. The molecule has 3 saturated heterocycles. The predicted octanol–water partition coefficient (Wildman–Crippen LogP) is 5.37. The van der Waals surface area contributed by atoms with Crippen molar-refractivity contribution in [2.45, 2.75) is 82.1 Å². The van der Waals surface area contributed by atoms with Gasteiger partial charge in [0.1, 0.15) is 49.2 Å². The van der Waals surface area contributed by atoms with E-state index in [-0.39, 0.29) is 37.0 Å². The highest BCUT2D eigenvalue weighted by Gasteiger charge is 2.46. The molecule has 4 heterocycles. The minimum atomic E-state index is -0.923. The fourth-order valence-corrected chi connectivity index (χ4v) is 8.84. The van der Waals surface area contributed by atoms with Gasteiger partial charge in [-0.15, -0.1) is 0 Å². The van der Waals surface area contributed by atoms with Crippen molar-refractivity contribution in [3.8, 4) is 17.2 Å². The van der Waals surface area contributed by atoms with E-state index in [1.165, 1.54) is 56.2 Å². The number of ether oxygens (including phenoxy) is 3. The Morgan fingerprint density at radius 2 is 1.75 bits per heavy atom. The van der Waals surface area contributed by atoms with Crippen molar-refractivity contribution in [3.63, 3.8) is 0 Å². The second kappa shape index (κ2) is 15.9. The first-order chi connectivity index (χ1) is 24.7. The van der Waals surface area contributed by atoms with Gasteiger partial charge >= 0.3 is 0 Å². The minimum absolute atomic E-state index is 0.0467.